The van der Waals surface area contributed by atoms with Crippen LogP contribution in [0.5, 0.6) is 5.75 Å². The number of rotatable bonds is 8. The molecule has 0 radical (unpaired) electrons. The van der Waals surface area contributed by atoms with E-state index in [0.717, 1.165) is 0 Å². The Morgan fingerprint density at radius 1 is 1.38 bits per heavy atom. The first-order chi connectivity index (χ1) is 11.1. The lowest BCUT2D eigenvalue weighted by molar-refractivity contribution is -0.159. The van der Waals surface area contributed by atoms with Gasteiger partial charge in [-0.05, 0) is 18.2 Å². The molecule has 0 aliphatic heterocycles. The van der Waals surface area contributed by atoms with Gasteiger partial charge in [0.05, 0.1) is 19.2 Å². The third-order valence-electron chi connectivity index (χ3n) is 2.90. The summed E-state index contributed by atoms with van der Waals surface area (Å²) in [7, 11) is 1.44. The number of methoxy groups -OCH3 is 1. The van der Waals surface area contributed by atoms with E-state index in [1.54, 1.807) is 18.2 Å². The molecule has 1 aromatic rings. The number of carboxylic acid groups (broad SMARTS) is 1. The molecule has 134 valence electrons. The zero-order valence-electron chi connectivity index (χ0n) is 12.6. The van der Waals surface area contributed by atoms with Crippen LogP contribution in [-0.4, -0.2) is 42.9 Å². The number of carbonyl (C=O) groups is 2. The average Bonchev–Trinajstić information content (AvgIpc) is 2.45. The molecule has 10 heteroatoms. The van der Waals surface area contributed by atoms with Gasteiger partial charge in [-0.15, -0.1) is 0 Å². The van der Waals surface area contributed by atoms with Crippen molar-refractivity contribution < 1.29 is 32.6 Å². The molecule has 0 saturated heterocycles. The lowest BCUT2D eigenvalue weighted by Crippen LogP contribution is -2.44. The number of anilines is 1. The van der Waals surface area contributed by atoms with E-state index < -0.39 is 30.5 Å². The minimum atomic E-state index is -4.69. The Hall–Kier alpha value is -2.16. The van der Waals surface area contributed by atoms with Gasteiger partial charge in [0.15, 0.2) is 0 Å². The van der Waals surface area contributed by atoms with Gasteiger partial charge in [-0.1, -0.05) is 11.6 Å². The van der Waals surface area contributed by atoms with Crippen LogP contribution < -0.4 is 15.4 Å². The van der Waals surface area contributed by atoms with Gasteiger partial charge in [0.25, 0.3) is 0 Å². The second-order valence-electron chi connectivity index (χ2n) is 4.80. The van der Waals surface area contributed by atoms with E-state index in [9.17, 15) is 22.8 Å². The van der Waals surface area contributed by atoms with E-state index in [2.05, 4.69) is 5.32 Å². The molecule has 0 aliphatic rings. The van der Waals surface area contributed by atoms with Gasteiger partial charge in [0.1, 0.15) is 11.8 Å². The van der Waals surface area contributed by atoms with Gasteiger partial charge in [0.2, 0.25) is 5.91 Å². The highest BCUT2D eigenvalue weighted by Crippen LogP contribution is 2.27. The summed E-state index contributed by atoms with van der Waals surface area (Å²) < 4.78 is 41.9. The van der Waals surface area contributed by atoms with Gasteiger partial charge >= 0.3 is 12.1 Å². The Morgan fingerprint density at radius 2 is 2.04 bits per heavy atom. The Kier molecular flexibility index (Phi) is 7.15. The van der Waals surface area contributed by atoms with Crippen LogP contribution in [0.1, 0.15) is 12.8 Å². The van der Waals surface area contributed by atoms with Crippen molar-refractivity contribution in [2.45, 2.75) is 25.1 Å². The smallest absolute Gasteiger partial charge is 0.391 e. The molecule has 1 atom stereocenters. The second-order valence-corrected chi connectivity index (χ2v) is 5.24. The number of hydrogen-bond donors (Lipinski definition) is 3. The molecule has 1 aromatic carbocycles. The topological polar surface area (TPSA) is 87.7 Å². The van der Waals surface area contributed by atoms with Crippen molar-refractivity contribution in [3.63, 3.8) is 0 Å². The van der Waals surface area contributed by atoms with Gasteiger partial charge in [-0.2, -0.15) is 13.2 Å². The number of alkyl halides is 3. The van der Waals surface area contributed by atoms with E-state index in [0.29, 0.717) is 16.5 Å². The summed E-state index contributed by atoms with van der Waals surface area (Å²) in [6, 6.07) is 2.75. The summed E-state index contributed by atoms with van der Waals surface area (Å²) in [5.74, 6) is -2.09. The minimum Gasteiger partial charge on any atom is -0.495 e. The fourth-order valence-electron chi connectivity index (χ4n) is 1.83. The van der Waals surface area contributed by atoms with E-state index in [1.807, 2.05) is 5.32 Å². The van der Waals surface area contributed by atoms with Gasteiger partial charge in [-0.25, -0.2) is 4.79 Å². The molecule has 0 bridgehead atoms. The van der Waals surface area contributed by atoms with Crippen molar-refractivity contribution in [2.75, 3.05) is 19.0 Å². The normalized spacial score (nSPS) is 12.4. The molecule has 0 fully saturated rings. The zero-order chi connectivity index (χ0) is 18.3. The maximum atomic E-state index is 12.3. The maximum Gasteiger partial charge on any atom is 0.391 e. The van der Waals surface area contributed by atoms with Gasteiger partial charge < -0.3 is 20.5 Å². The lowest BCUT2D eigenvalue weighted by Gasteiger charge is -2.16. The molecule has 0 saturated carbocycles. The quantitative estimate of drug-likeness (QED) is 0.656. The number of carbonyl (C=O) groups excluding carboxylic acids is 1. The number of amides is 1. The molecule has 1 amide bonds. The van der Waals surface area contributed by atoms with Crippen LogP contribution in [0.25, 0.3) is 0 Å². The molecule has 1 rings (SSSR count). The number of halogens is 4. The monoisotopic (exact) mass is 368 g/mol. The molecule has 0 heterocycles. The van der Waals surface area contributed by atoms with Crippen molar-refractivity contribution in [1.29, 1.82) is 0 Å². The Labute approximate surface area is 140 Å². The van der Waals surface area contributed by atoms with Crippen LogP contribution in [0.4, 0.5) is 18.9 Å². The van der Waals surface area contributed by atoms with Gasteiger partial charge in [0, 0.05) is 18.0 Å². The average molecular weight is 369 g/mol. The summed E-state index contributed by atoms with van der Waals surface area (Å²) in [6.45, 7) is 0.0564. The Morgan fingerprint density at radius 3 is 2.58 bits per heavy atom. The summed E-state index contributed by atoms with van der Waals surface area (Å²) in [6.07, 6.45) is -6.55. The van der Waals surface area contributed by atoms with E-state index in [1.165, 1.54) is 7.11 Å². The number of ether oxygens (including phenoxy) is 1. The molecule has 1 unspecified atom stereocenters. The number of carboxylic acids is 1. The summed E-state index contributed by atoms with van der Waals surface area (Å²) in [4.78, 5) is 22.4. The fraction of sp³-hybridized carbons (Fsp3) is 0.429. The Bertz CT molecular complexity index is 596. The van der Waals surface area contributed by atoms with Crippen LogP contribution in [0.3, 0.4) is 0 Å². The highest BCUT2D eigenvalue weighted by Gasteiger charge is 2.36. The SMILES string of the molecule is COc1ccc(Cl)cc1NCCC(=O)NC(CC(F)(F)F)C(=O)O. The summed E-state index contributed by atoms with van der Waals surface area (Å²) in [5.41, 5.74) is 0.503. The molecular formula is C14H16ClF3N2O4. The predicted molar refractivity (Wildman–Crippen MR) is 81.3 cm³/mol. The van der Waals surface area contributed by atoms with Crippen LogP contribution in [0, 0.1) is 0 Å². The highest BCUT2D eigenvalue weighted by atomic mass is 35.5. The first kappa shape index (κ1) is 19.9. The zero-order valence-corrected chi connectivity index (χ0v) is 13.4. The van der Waals surface area contributed by atoms with Crippen molar-refractivity contribution >= 4 is 29.2 Å². The number of hydrogen-bond acceptors (Lipinski definition) is 4. The molecule has 0 aliphatic carbocycles. The minimum absolute atomic E-state index is 0.0564. The maximum absolute atomic E-state index is 12.3. The standard InChI is InChI=1S/C14H16ClF3N2O4/c1-24-11-3-2-8(15)6-9(11)19-5-4-12(21)20-10(13(22)23)7-14(16,17)18/h2-3,6,10,19H,4-5,7H2,1H3,(H,20,21)(H,22,23). The van der Waals surface area contributed by atoms with Crippen LogP contribution in [0.2, 0.25) is 5.02 Å². The molecule has 3 N–H and O–H groups in total. The third-order valence-corrected chi connectivity index (χ3v) is 3.13. The van der Waals surface area contributed by atoms with Crippen LogP contribution in [-0.2, 0) is 9.59 Å². The lowest BCUT2D eigenvalue weighted by atomic mass is 10.2. The van der Waals surface area contributed by atoms with E-state index in [4.69, 9.17) is 21.4 Å². The molecule has 0 aromatic heterocycles. The highest BCUT2D eigenvalue weighted by molar-refractivity contribution is 6.30. The first-order valence-electron chi connectivity index (χ1n) is 6.78. The van der Waals surface area contributed by atoms with E-state index in [-0.39, 0.29) is 13.0 Å². The number of aliphatic carboxylic acids is 1. The first-order valence-corrected chi connectivity index (χ1v) is 7.16. The predicted octanol–water partition coefficient (Wildman–Crippen LogP) is 2.67. The van der Waals surface area contributed by atoms with Crippen LogP contribution >= 0.6 is 11.6 Å². The molecule has 6 nitrogen and oxygen atoms in total. The molecule has 24 heavy (non-hydrogen) atoms. The fourth-order valence-corrected chi connectivity index (χ4v) is 2.00. The summed E-state index contributed by atoms with van der Waals surface area (Å²) in [5, 5.41) is 13.8. The summed E-state index contributed by atoms with van der Waals surface area (Å²) >= 11 is 5.83. The van der Waals surface area contributed by atoms with Gasteiger partial charge in [-0.3, -0.25) is 4.79 Å². The van der Waals surface area contributed by atoms with E-state index >= 15 is 0 Å². The van der Waals surface area contributed by atoms with Crippen molar-refractivity contribution in [3.05, 3.63) is 23.2 Å². The number of nitrogens with one attached hydrogen (secondary N) is 2. The molecular weight excluding hydrogens is 353 g/mol. The third kappa shape index (κ3) is 6.95. The van der Waals surface area contributed by atoms with Crippen molar-refractivity contribution in [1.82, 2.24) is 5.32 Å². The molecule has 0 spiro atoms. The second kappa shape index (κ2) is 8.62. The van der Waals surface area contributed by atoms with Crippen LogP contribution in [0.15, 0.2) is 18.2 Å². The number of benzene rings is 1. The van der Waals surface area contributed by atoms with Crippen molar-refractivity contribution in [3.8, 4) is 5.75 Å². The Balaban J connectivity index is 2.54. The largest absolute Gasteiger partial charge is 0.495 e. The van der Waals surface area contributed by atoms with Crippen molar-refractivity contribution in [2.24, 2.45) is 0 Å².